The van der Waals surface area contributed by atoms with Gasteiger partial charge >= 0.3 is 12.1 Å². The fourth-order valence-electron chi connectivity index (χ4n) is 6.17. The van der Waals surface area contributed by atoms with Crippen LogP contribution in [0.25, 0.3) is 11.1 Å². The quantitative estimate of drug-likeness (QED) is 0.557. The maximum absolute atomic E-state index is 13.0. The molecule has 184 valence electrons. The highest BCUT2D eigenvalue weighted by Gasteiger charge is 2.50. The molecule has 2 aromatic carbocycles. The van der Waals surface area contributed by atoms with Gasteiger partial charge in [-0.15, -0.1) is 0 Å². The minimum absolute atomic E-state index is 0.0255. The zero-order valence-corrected chi connectivity index (χ0v) is 20.1. The van der Waals surface area contributed by atoms with Crippen molar-refractivity contribution in [2.45, 2.75) is 51.1 Å². The number of carbonyl (C=O) groups excluding carboxylic acids is 2. The molecule has 35 heavy (non-hydrogen) atoms. The first-order chi connectivity index (χ1) is 16.8. The predicted molar refractivity (Wildman–Crippen MR) is 131 cm³/mol. The molecule has 0 radical (unpaired) electrons. The minimum atomic E-state index is -0.749. The molecule has 0 saturated heterocycles. The molecular formula is C28H32N2O5. The van der Waals surface area contributed by atoms with Crippen LogP contribution in [-0.4, -0.2) is 41.8 Å². The molecule has 0 bridgehead atoms. The molecule has 0 spiro atoms. The molecule has 0 heterocycles. The van der Waals surface area contributed by atoms with E-state index in [1.54, 1.807) is 0 Å². The fraction of sp³-hybridized carbons (Fsp3) is 0.464. The number of nitrogens with one attached hydrogen (secondary N) is 2. The second-order valence-electron chi connectivity index (χ2n) is 10.5. The van der Waals surface area contributed by atoms with Gasteiger partial charge in [0.05, 0.1) is 5.92 Å². The average Bonchev–Trinajstić information content (AvgIpc) is 3.34. The molecule has 3 aliphatic rings. The number of carboxylic acids is 1. The molecule has 5 rings (SSSR count). The van der Waals surface area contributed by atoms with Gasteiger partial charge < -0.3 is 20.5 Å². The average molecular weight is 477 g/mol. The predicted octanol–water partition coefficient (Wildman–Crippen LogP) is 4.17. The Morgan fingerprint density at radius 2 is 1.60 bits per heavy atom. The van der Waals surface area contributed by atoms with E-state index in [2.05, 4.69) is 34.9 Å². The first-order valence-electron chi connectivity index (χ1n) is 12.5. The molecule has 0 aliphatic heterocycles. The van der Waals surface area contributed by atoms with Gasteiger partial charge in [-0.25, -0.2) is 4.79 Å². The maximum Gasteiger partial charge on any atom is 0.407 e. The molecule has 0 aromatic heterocycles. The van der Waals surface area contributed by atoms with Gasteiger partial charge in [-0.1, -0.05) is 62.4 Å². The molecule has 2 saturated carbocycles. The molecule has 2 aromatic rings. The summed E-state index contributed by atoms with van der Waals surface area (Å²) in [5, 5.41) is 15.1. The third-order valence-electron chi connectivity index (χ3n) is 8.07. The van der Waals surface area contributed by atoms with E-state index in [9.17, 15) is 19.5 Å². The first-order valence-corrected chi connectivity index (χ1v) is 12.5. The van der Waals surface area contributed by atoms with Crippen LogP contribution in [0.15, 0.2) is 48.5 Å². The molecule has 2 amide bonds. The number of hydrogen-bond acceptors (Lipinski definition) is 4. The van der Waals surface area contributed by atoms with Crippen molar-refractivity contribution in [2.75, 3.05) is 6.61 Å². The lowest BCUT2D eigenvalue weighted by Gasteiger charge is -2.41. The number of aliphatic carboxylic acids is 1. The van der Waals surface area contributed by atoms with Crippen molar-refractivity contribution in [3.05, 3.63) is 59.7 Å². The number of fused-ring (bicyclic) bond motifs is 4. The van der Waals surface area contributed by atoms with Crippen LogP contribution in [0.1, 0.15) is 50.2 Å². The van der Waals surface area contributed by atoms with Crippen molar-refractivity contribution in [1.82, 2.24) is 10.6 Å². The van der Waals surface area contributed by atoms with Gasteiger partial charge in [-0.3, -0.25) is 9.59 Å². The van der Waals surface area contributed by atoms with Crippen molar-refractivity contribution in [1.29, 1.82) is 0 Å². The van der Waals surface area contributed by atoms with Crippen LogP contribution in [-0.2, 0) is 14.3 Å². The van der Waals surface area contributed by atoms with Gasteiger partial charge in [0.1, 0.15) is 12.6 Å². The van der Waals surface area contributed by atoms with E-state index in [-0.39, 0.29) is 42.2 Å². The topological polar surface area (TPSA) is 105 Å². The summed E-state index contributed by atoms with van der Waals surface area (Å²) >= 11 is 0. The Morgan fingerprint density at radius 3 is 2.20 bits per heavy atom. The van der Waals surface area contributed by atoms with Gasteiger partial charge in [0.15, 0.2) is 0 Å². The zero-order valence-electron chi connectivity index (χ0n) is 20.1. The Labute approximate surface area is 205 Å². The van der Waals surface area contributed by atoms with Crippen molar-refractivity contribution in [3.8, 4) is 11.1 Å². The maximum atomic E-state index is 13.0. The Balaban J connectivity index is 1.18. The molecule has 2 unspecified atom stereocenters. The SMILES string of the molecule is CC(C)C(NC(=O)OCC1c2ccccc2-c2ccccc21)C(=O)N[C@@H]1C[C@@H]2CC(C(=O)O)C[C@@H]21. The van der Waals surface area contributed by atoms with Crippen molar-refractivity contribution in [2.24, 2.45) is 23.7 Å². The summed E-state index contributed by atoms with van der Waals surface area (Å²) in [6.07, 6.45) is 1.49. The first kappa shape index (κ1) is 23.4. The van der Waals surface area contributed by atoms with E-state index in [4.69, 9.17) is 4.74 Å². The smallest absolute Gasteiger partial charge is 0.407 e. The fourth-order valence-corrected chi connectivity index (χ4v) is 6.17. The summed E-state index contributed by atoms with van der Waals surface area (Å²) in [5.41, 5.74) is 4.59. The molecule has 7 nitrogen and oxygen atoms in total. The normalized spacial score (nSPS) is 25.1. The van der Waals surface area contributed by atoms with Crippen molar-refractivity contribution in [3.63, 3.8) is 0 Å². The van der Waals surface area contributed by atoms with E-state index in [0.29, 0.717) is 18.8 Å². The number of amides is 2. The van der Waals surface area contributed by atoms with Gasteiger partial charge in [0, 0.05) is 12.0 Å². The summed E-state index contributed by atoms with van der Waals surface area (Å²) in [5.74, 6) is -0.891. The van der Waals surface area contributed by atoms with Crippen LogP contribution >= 0.6 is 0 Å². The van der Waals surface area contributed by atoms with Crippen LogP contribution in [0.5, 0.6) is 0 Å². The second kappa shape index (κ2) is 9.36. The molecule has 2 fully saturated rings. The Bertz CT molecular complexity index is 1100. The molecule has 5 atom stereocenters. The van der Waals surface area contributed by atoms with E-state index in [0.717, 1.165) is 28.7 Å². The summed E-state index contributed by atoms with van der Waals surface area (Å²) in [7, 11) is 0. The van der Waals surface area contributed by atoms with Crippen molar-refractivity contribution >= 4 is 18.0 Å². The number of hydrogen-bond donors (Lipinski definition) is 3. The Morgan fingerprint density at radius 1 is 0.971 bits per heavy atom. The molecule has 7 heteroatoms. The standard InChI is InChI=1S/C28H32N2O5/c1-15(2)25(26(31)29-24-13-16-11-17(27(32)33)12-22(16)24)30-28(34)35-14-23-20-9-5-3-7-18(20)19-8-4-6-10-21(19)23/h3-10,15-17,22-25H,11-14H2,1-2H3,(H,29,31)(H,30,34)(H,32,33)/t16-,17?,22-,24+,25?/m0/s1. The van der Waals surface area contributed by atoms with Gasteiger partial charge in [0.2, 0.25) is 5.91 Å². The highest BCUT2D eigenvalue weighted by atomic mass is 16.5. The zero-order chi connectivity index (χ0) is 24.7. The lowest BCUT2D eigenvalue weighted by atomic mass is 9.71. The Hall–Kier alpha value is -3.35. The Kier molecular flexibility index (Phi) is 6.26. The van der Waals surface area contributed by atoms with E-state index >= 15 is 0 Å². The van der Waals surface area contributed by atoms with Gasteiger partial charge in [-0.2, -0.15) is 0 Å². The van der Waals surface area contributed by atoms with Crippen LogP contribution in [0, 0.1) is 23.7 Å². The van der Waals surface area contributed by atoms with Crippen LogP contribution < -0.4 is 10.6 Å². The number of carbonyl (C=O) groups is 3. The second-order valence-corrected chi connectivity index (χ2v) is 10.5. The number of alkyl carbamates (subject to hydrolysis) is 1. The van der Waals surface area contributed by atoms with Gasteiger partial charge in [-0.05, 0) is 59.3 Å². The highest BCUT2D eigenvalue weighted by Crippen LogP contribution is 2.50. The monoisotopic (exact) mass is 476 g/mol. The van der Waals surface area contributed by atoms with E-state index in [1.165, 1.54) is 0 Å². The van der Waals surface area contributed by atoms with Crippen LogP contribution in [0.2, 0.25) is 0 Å². The summed E-state index contributed by atoms with van der Waals surface area (Å²) in [6, 6.07) is 15.6. The minimum Gasteiger partial charge on any atom is -0.481 e. The summed E-state index contributed by atoms with van der Waals surface area (Å²) < 4.78 is 5.63. The third-order valence-corrected chi connectivity index (χ3v) is 8.07. The lowest BCUT2D eigenvalue weighted by Crippen LogP contribution is -2.57. The van der Waals surface area contributed by atoms with Crippen LogP contribution in [0.4, 0.5) is 4.79 Å². The number of benzene rings is 2. The number of ether oxygens (including phenoxy) is 1. The van der Waals surface area contributed by atoms with E-state index in [1.807, 2.05) is 38.1 Å². The molecular weight excluding hydrogens is 444 g/mol. The number of carboxylic acid groups (broad SMARTS) is 1. The van der Waals surface area contributed by atoms with Crippen LogP contribution in [0.3, 0.4) is 0 Å². The van der Waals surface area contributed by atoms with E-state index < -0.39 is 18.1 Å². The lowest BCUT2D eigenvalue weighted by molar-refractivity contribution is -0.141. The molecule has 3 N–H and O–H groups in total. The summed E-state index contributed by atoms with van der Waals surface area (Å²) in [6.45, 7) is 3.95. The molecule has 3 aliphatic carbocycles. The number of rotatable bonds is 7. The van der Waals surface area contributed by atoms with Crippen molar-refractivity contribution < 1.29 is 24.2 Å². The summed E-state index contributed by atoms with van der Waals surface area (Å²) in [4.78, 5) is 37.1. The highest BCUT2D eigenvalue weighted by molar-refractivity contribution is 5.86. The third kappa shape index (κ3) is 4.40. The van der Waals surface area contributed by atoms with Gasteiger partial charge in [0.25, 0.3) is 0 Å². The largest absolute Gasteiger partial charge is 0.481 e.